The fraction of sp³-hybridized carbons (Fsp3) is 0.417. The number of halogens is 1. The van der Waals surface area contributed by atoms with E-state index >= 15 is 0 Å². The van der Waals surface area contributed by atoms with Crippen molar-refractivity contribution in [2.75, 3.05) is 6.54 Å². The third kappa shape index (κ3) is 3.03. The number of benzene rings is 1. The predicted molar refractivity (Wildman–Crippen MR) is 57.8 cm³/mol. The Balaban J connectivity index is 2.84. The summed E-state index contributed by atoms with van der Waals surface area (Å²) in [7, 11) is 0. The molecule has 0 bridgehead atoms. The van der Waals surface area contributed by atoms with Crippen LogP contribution in [-0.2, 0) is 0 Å². The van der Waals surface area contributed by atoms with E-state index in [1.54, 1.807) is 19.1 Å². The van der Waals surface area contributed by atoms with Gasteiger partial charge in [0.1, 0.15) is 11.9 Å². The maximum atomic E-state index is 13.0. The van der Waals surface area contributed by atoms with Crippen molar-refractivity contribution in [1.29, 1.82) is 5.26 Å². The van der Waals surface area contributed by atoms with Gasteiger partial charge in [0.2, 0.25) is 0 Å². The Morgan fingerprint density at radius 1 is 1.53 bits per heavy atom. The average Bonchev–Trinajstić information content (AvgIpc) is 2.24. The zero-order chi connectivity index (χ0) is 11.3. The smallest absolute Gasteiger partial charge is 0.126 e. The largest absolute Gasteiger partial charge is 0.298 e. The van der Waals surface area contributed by atoms with E-state index in [2.05, 4.69) is 11.4 Å². The Bertz CT molecular complexity index is 368. The minimum atomic E-state index is -0.343. The molecule has 0 aliphatic heterocycles. The first kappa shape index (κ1) is 11.7. The molecular formula is C12H15FN2. The van der Waals surface area contributed by atoms with Crippen LogP contribution in [0.15, 0.2) is 18.2 Å². The van der Waals surface area contributed by atoms with Gasteiger partial charge in [-0.3, -0.25) is 5.32 Å². The fourth-order valence-electron chi connectivity index (χ4n) is 1.37. The van der Waals surface area contributed by atoms with E-state index in [1.165, 1.54) is 6.07 Å². The summed E-state index contributed by atoms with van der Waals surface area (Å²) < 4.78 is 13.0. The van der Waals surface area contributed by atoms with Crippen molar-refractivity contribution >= 4 is 0 Å². The summed E-state index contributed by atoms with van der Waals surface area (Å²) in [5.41, 5.74) is 1.40. The Labute approximate surface area is 89.7 Å². The van der Waals surface area contributed by atoms with Crippen LogP contribution in [0.1, 0.15) is 30.5 Å². The number of hydrogen-bond acceptors (Lipinski definition) is 2. The molecule has 0 saturated heterocycles. The van der Waals surface area contributed by atoms with E-state index in [1.807, 2.05) is 6.92 Å². The third-order valence-electron chi connectivity index (χ3n) is 2.24. The molecule has 0 fully saturated rings. The number of nitrogens with one attached hydrogen (secondary N) is 1. The van der Waals surface area contributed by atoms with Crippen LogP contribution in [0.3, 0.4) is 0 Å². The molecule has 80 valence electrons. The molecule has 0 spiro atoms. The summed E-state index contributed by atoms with van der Waals surface area (Å²) >= 11 is 0. The third-order valence-corrected chi connectivity index (χ3v) is 2.24. The van der Waals surface area contributed by atoms with Crippen LogP contribution in [0.5, 0.6) is 0 Å². The van der Waals surface area contributed by atoms with Gasteiger partial charge in [-0.05, 0) is 37.1 Å². The molecule has 0 radical (unpaired) electrons. The van der Waals surface area contributed by atoms with E-state index in [9.17, 15) is 4.39 Å². The van der Waals surface area contributed by atoms with Gasteiger partial charge in [0.25, 0.3) is 0 Å². The fourth-order valence-corrected chi connectivity index (χ4v) is 1.37. The molecule has 1 N–H and O–H groups in total. The van der Waals surface area contributed by atoms with Gasteiger partial charge < -0.3 is 0 Å². The van der Waals surface area contributed by atoms with Crippen LogP contribution in [0.4, 0.5) is 4.39 Å². The summed E-state index contributed by atoms with van der Waals surface area (Å²) in [4.78, 5) is 0. The van der Waals surface area contributed by atoms with Gasteiger partial charge in [-0.2, -0.15) is 5.26 Å². The number of nitriles is 1. The molecule has 0 saturated carbocycles. The van der Waals surface area contributed by atoms with Gasteiger partial charge in [-0.15, -0.1) is 0 Å². The number of hydrogen-bond donors (Lipinski definition) is 1. The molecule has 0 aromatic heterocycles. The molecule has 0 aliphatic rings. The summed E-state index contributed by atoms with van der Waals surface area (Å²) in [6.45, 7) is 4.53. The average molecular weight is 206 g/mol. The van der Waals surface area contributed by atoms with Gasteiger partial charge in [-0.1, -0.05) is 19.1 Å². The van der Waals surface area contributed by atoms with Gasteiger partial charge >= 0.3 is 0 Å². The molecule has 1 aromatic rings. The second-order valence-electron chi connectivity index (χ2n) is 3.52. The standard InChI is InChI=1S/C12H15FN2/c1-3-6-15-12(8-14)10-4-5-11(13)9(2)7-10/h4-5,7,12,15H,3,6H2,1-2H3. The number of rotatable bonds is 4. The van der Waals surface area contributed by atoms with Crippen LogP contribution in [-0.4, -0.2) is 6.54 Å². The lowest BCUT2D eigenvalue weighted by molar-refractivity contribution is 0.604. The Morgan fingerprint density at radius 3 is 2.80 bits per heavy atom. The first-order valence-electron chi connectivity index (χ1n) is 5.08. The van der Waals surface area contributed by atoms with Crippen LogP contribution in [0.2, 0.25) is 0 Å². The van der Waals surface area contributed by atoms with Crippen LogP contribution in [0.25, 0.3) is 0 Å². The van der Waals surface area contributed by atoms with Crippen molar-refractivity contribution < 1.29 is 4.39 Å². The second-order valence-corrected chi connectivity index (χ2v) is 3.52. The van der Waals surface area contributed by atoms with Crippen molar-refractivity contribution in [2.45, 2.75) is 26.3 Å². The van der Waals surface area contributed by atoms with Gasteiger partial charge in [0.05, 0.1) is 6.07 Å². The minimum Gasteiger partial charge on any atom is -0.298 e. The summed E-state index contributed by atoms with van der Waals surface area (Å²) in [6, 6.07) is 6.59. The maximum Gasteiger partial charge on any atom is 0.126 e. The van der Waals surface area contributed by atoms with Crippen molar-refractivity contribution in [3.05, 3.63) is 35.1 Å². The van der Waals surface area contributed by atoms with Crippen LogP contribution in [0, 0.1) is 24.1 Å². The van der Waals surface area contributed by atoms with E-state index in [0.29, 0.717) is 5.56 Å². The van der Waals surface area contributed by atoms with E-state index < -0.39 is 0 Å². The molecule has 1 aromatic carbocycles. The summed E-state index contributed by atoms with van der Waals surface area (Å²) in [6.07, 6.45) is 0.971. The molecular weight excluding hydrogens is 191 g/mol. The highest BCUT2D eigenvalue weighted by Gasteiger charge is 2.10. The molecule has 15 heavy (non-hydrogen) atoms. The van der Waals surface area contributed by atoms with Crippen molar-refractivity contribution in [2.24, 2.45) is 0 Å². The zero-order valence-corrected chi connectivity index (χ0v) is 9.05. The first-order valence-corrected chi connectivity index (χ1v) is 5.08. The normalized spacial score (nSPS) is 12.1. The van der Waals surface area contributed by atoms with Crippen molar-refractivity contribution in [1.82, 2.24) is 5.32 Å². The van der Waals surface area contributed by atoms with Gasteiger partial charge in [-0.25, -0.2) is 4.39 Å². The molecule has 2 nitrogen and oxygen atoms in total. The SMILES string of the molecule is CCCNC(C#N)c1ccc(F)c(C)c1. The molecule has 0 heterocycles. The number of nitrogens with zero attached hydrogens (tertiary/aromatic N) is 1. The summed E-state index contributed by atoms with van der Waals surface area (Å²) in [5.74, 6) is -0.231. The highest BCUT2D eigenvalue weighted by molar-refractivity contribution is 5.29. The van der Waals surface area contributed by atoms with Gasteiger partial charge in [0.15, 0.2) is 0 Å². The van der Waals surface area contributed by atoms with Crippen LogP contribution >= 0.6 is 0 Å². The quantitative estimate of drug-likeness (QED) is 0.822. The lowest BCUT2D eigenvalue weighted by Crippen LogP contribution is -2.20. The van der Waals surface area contributed by atoms with Gasteiger partial charge in [0, 0.05) is 0 Å². The molecule has 1 atom stereocenters. The lowest BCUT2D eigenvalue weighted by atomic mass is 10.1. The highest BCUT2D eigenvalue weighted by Crippen LogP contribution is 2.16. The molecule has 0 amide bonds. The topological polar surface area (TPSA) is 35.8 Å². The van der Waals surface area contributed by atoms with E-state index in [4.69, 9.17) is 5.26 Å². The first-order chi connectivity index (χ1) is 7.19. The molecule has 1 unspecified atom stereocenters. The molecule has 3 heteroatoms. The Hall–Kier alpha value is -1.40. The number of aryl methyl sites for hydroxylation is 1. The summed E-state index contributed by atoms with van der Waals surface area (Å²) in [5, 5.41) is 12.1. The Kier molecular flexibility index (Phi) is 4.26. The van der Waals surface area contributed by atoms with Crippen LogP contribution < -0.4 is 5.32 Å². The Morgan fingerprint density at radius 2 is 2.27 bits per heavy atom. The van der Waals surface area contributed by atoms with Crippen molar-refractivity contribution in [3.63, 3.8) is 0 Å². The zero-order valence-electron chi connectivity index (χ0n) is 9.05. The predicted octanol–water partition coefficient (Wildman–Crippen LogP) is 2.70. The van der Waals surface area contributed by atoms with E-state index in [0.717, 1.165) is 18.5 Å². The second kappa shape index (κ2) is 5.47. The van der Waals surface area contributed by atoms with E-state index in [-0.39, 0.29) is 11.9 Å². The lowest BCUT2D eigenvalue weighted by Gasteiger charge is -2.11. The van der Waals surface area contributed by atoms with Crippen molar-refractivity contribution in [3.8, 4) is 6.07 Å². The minimum absolute atomic E-state index is 0.231. The highest BCUT2D eigenvalue weighted by atomic mass is 19.1. The molecule has 0 aliphatic carbocycles. The maximum absolute atomic E-state index is 13.0. The molecule has 1 rings (SSSR count). The monoisotopic (exact) mass is 206 g/mol.